The van der Waals surface area contributed by atoms with Gasteiger partial charge in [-0.15, -0.1) is 0 Å². The topological polar surface area (TPSA) is 79.2 Å². The molecule has 29 heavy (non-hydrogen) atoms. The highest BCUT2D eigenvalue weighted by atomic mass is 16.5. The predicted molar refractivity (Wildman–Crippen MR) is 114 cm³/mol. The van der Waals surface area contributed by atoms with Crippen molar-refractivity contribution in [1.29, 1.82) is 5.26 Å². The van der Waals surface area contributed by atoms with E-state index in [2.05, 4.69) is 19.2 Å². The van der Waals surface area contributed by atoms with Crippen molar-refractivity contribution in [3.05, 3.63) is 70.3 Å². The Hall–Kier alpha value is -3.39. The van der Waals surface area contributed by atoms with Crippen LogP contribution in [0.3, 0.4) is 0 Å². The number of carbonyl (C=O) groups excluding carboxylic acids is 2. The molecule has 150 valence electrons. The molecular weight excluding hydrogens is 364 g/mol. The van der Waals surface area contributed by atoms with Crippen LogP contribution < -0.4 is 5.32 Å². The van der Waals surface area contributed by atoms with Gasteiger partial charge in [0.2, 0.25) is 0 Å². The lowest BCUT2D eigenvalue weighted by atomic mass is 10.0. The van der Waals surface area contributed by atoms with Gasteiger partial charge in [-0.1, -0.05) is 56.3 Å². The van der Waals surface area contributed by atoms with Gasteiger partial charge in [-0.05, 0) is 55.0 Å². The lowest BCUT2D eigenvalue weighted by Crippen LogP contribution is -2.30. The van der Waals surface area contributed by atoms with E-state index in [4.69, 9.17) is 4.74 Å². The molecule has 0 heterocycles. The van der Waals surface area contributed by atoms with Crippen molar-refractivity contribution in [1.82, 2.24) is 0 Å². The normalized spacial score (nSPS) is 12.2. The van der Waals surface area contributed by atoms with Crippen molar-refractivity contribution in [2.75, 3.05) is 5.32 Å². The summed E-state index contributed by atoms with van der Waals surface area (Å²) in [6.45, 7) is 9.44. The van der Waals surface area contributed by atoms with Gasteiger partial charge in [-0.2, -0.15) is 5.26 Å². The number of amides is 1. The number of anilines is 1. The van der Waals surface area contributed by atoms with Gasteiger partial charge in [-0.3, -0.25) is 4.79 Å². The highest BCUT2D eigenvalue weighted by Gasteiger charge is 2.21. The number of nitrogens with one attached hydrogen (secondary N) is 1. The fourth-order valence-corrected chi connectivity index (χ4v) is 2.79. The number of carbonyl (C=O) groups is 2. The first-order valence-corrected chi connectivity index (χ1v) is 9.52. The molecule has 0 saturated carbocycles. The molecule has 0 fully saturated rings. The summed E-state index contributed by atoms with van der Waals surface area (Å²) in [5.74, 6) is -0.886. The number of para-hydroxylation sites is 1. The van der Waals surface area contributed by atoms with Gasteiger partial charge in [-0.25, -0.2) is 4.79 Å². The molecule has 0 aliphatic heterocycles. The van der Waals surface area contributed by atoms with E-state index < -0.39 is 18.0 Å². The van der Waals surface area contributed by atoms with Crippen molar-refractivity contribution >= 4 is 23.6 Å². The molecule has 5 heteroatoms. The maximum Gasteiger partial charge on any atom is 0.349 e. The summed E-state index contributed by atoms with van der Waals surface area (Å²) >= 11 is 0. The van der Waals surface area contributed by atoms with Crippen LogP contribution in [0.4, 0.5) is 5.69 Å². The van der Waals surface area contributed by atoms with Crippen LogP contribution in [0.5, 0.6) is 0 Å². The zero-order valence-electron chi connectivity index (χ0n) is 17.4. The SMILES string of the molecule is Cc1cccc(C)c1NC(=O)[C@H](C)OC(=O)/C(C#N)=C/c1ccc(C(C)C)cc1. The van der Waals surface area contributed by atoms with E-state index in [9.17, 15) is 14.9 Å². The second-order valence-corrected chi connectivity index (χ2v) is 7.29. The van der Waals surface area contributed by atoms with Crippen LogP contribution in [0.1, 0.15) is 48.9 Å². The second-order valence-electron chi connectivity index (χ2n) is 7.29. The van der Waals surface area contributed by atoms with Crippen molar-refractivity contribution in [2.24, 2.45) is 0 Å². The highest BCUT2D eigenvalue weighted by Crippen LogP contribution is 2.20. The van der Waals surface area contributed by atoms with E-state index in [1.54, 1.807) is 0 Å². The number of hydrogen-bond donors (Lipinski definition) is 1. The molecule has 0 radical (unpaired) electrons. The van der Waals surface area contributed by atoms with Crippen molar-refractivity contribution < 1.29 is 14.3 Å². The molecule has 1 amide bonds. The van der Waals surface area contributed by atoms with Gasteiger partial charge < -0.3 is 10.1 Å². The summed E-state index contributed by atoms with van der Waals surface area (Å²) < 4.78 is 5.21. The molecule has 2 aromatic carbocycles. The lowest BCUT2D eigenvalue weighted by Gasteiger charge is -2.16. The summed E-state index contributed by atoms with van der Waals surface area (Å²) in [7, 11) is 0. The summed E-state index contributed by atoms with van der Waals surface area (Å²) in [5, 5.41) is 12.1. The Kier molecular flexibility index (Phi) is 7.33. The lowest BCUT2D eigenvalue weighted by molar-refractivity contribution is -0.148. The summed E-state index contributed by atoms with van der Waals surface area (Å²) in [5.41, 5.74) is 4.25. The molecule has 0 spiro atoms. The monoisotopic (exact) mass is 390 g/mol. The maximum absolute atomic E-state index is 12.4. The second kappa shape index (κ2) is 9.70. The molecule has 2 aromatic rings. The summed E-state index contributed by atoms with van der Waals surface area (Å²) in [6, 6.07) is 15.1. The molecule has 2 rings (SSSR count). The van der Waals surface area contributed by atoms with E-state index in [1.807, 2.05) is 62.4 Å². The van der Waals surface area contributed by atoms with E-state index >= 15 is 0 Å². The minimum atomic E-state index is -1.04. The van der Waals surface area contributed by atoms with Gasteiger partial charge in [0.05, 0.1) is 0 Å². The molecule has 0 aliphatic carbocycles. The van der Waals surface area contributed by atoms with E-state index in [0.29, 0.717) is 11.6 Å². The Labute approximate surface area is 172 Å². The fraction of sp³-hybridized carbons (Fsp3) is 0.292. The number of esters is 1. The van der Waals surface area contributed by atoms with Gasteiger partial charge in [0.1, 0.15) is 11.6 Å². The highest BCUT2D eigenvalue weighted by molar-refractivity contribution is 6.01. The maximum atomic E-state index is 12.4. The Balaban J connectivity index is 2.08. The molecule has 1 atom stereocenters. The number of nitrogens with zero attached hydrogens (tertiary/aromatic N) is 1. The molecule has 0 saturated heterocycles. The number of benzene rings is 2. The zero-order chi connectivity index (χ0) is 21.6. The molecular formula is C24H26N2O3. The quantitative estimate of drug-likeness (QED) is 0.432. The van der Waals surface area contributed by atoms with E-state index in [-0.39, 0.29) is 5.57 Å². The van der Waals surface area contributed by atoms with Gasteiger partial charge in [0.15, 0.2) is 6.10 Å². The smallest absolute Gasteiger partial charge is 0.349 e. The van der Waals surface area contributed by atoms with E-state index in [1.165, 1.54) is 18.6 Å². The fourth-order valence-electron chi connectivity index (χ4n) is 2.79. The Morgan fingerprint density at radius 2 is 1.62 bits per heavy atom. The minimum absolute atomic E-state index is 0.158. The molecule has 0 unspecified atom stereocenters. The minimum Gasteiger partial charge on any atom is -0.448 e. The van der Waals surface area contributed by atoms with Gasteiger partial charge in [0, 0.05) is 5.69 Å². The average molecular weight is 390 g/mol. The predicted octanol–water partition coefficient (Wildman–Crippen LogP) is 4.90. The first-order chi connectivity index (χ1) is 13.7. The number of aryl methyl sites for hydroxylation is 2. The molecule has 5 nitrogen and oxygen atoms in total. The van der Waals surface area contributed by atoms with Crippen molar-refractivity contribution in [3.8, 4) is 6.07 Å². The van der Waals surface area contributed by atoms with Crippen LogP contribution in [-0.4, -0.2) is 18.0 Å². The first kappa shape index (κ1) is 21.9. The number of nitriles is 1. The largest absolute Gasteiger partial charge is 0.448 e. The Morgan fingerprint density at radius 3 is 2.14 bits per heavy atom. The number of hydrogen-bond acceptors (Lipinski definition) is 4. The molecule has 0 aromatic heterocycles. The first-order valence-electron chi connectivity index (χ1n) is 9.52. The van der Waals surface area contributed by atoms with Crippen LogP contribution in [-0.2, 0) is 14.3 Å². The van der Waals surface area contributed by atoms with Gasteiger partial charge in [0.25, 0.3) is 5.91 Å². The third-order valence-corrected chi connectivity index (χ3v) is 4.64. The molecule has 0 bridgehead atoms. The third-order valence-electron chi connectivity index (χ3n) is 4.64. The van der Waals surface area contributed by atoms with Crippen LogP contribution in [0.15, 0.2) is 48.0 Å². The van der Waals surface area contributed by atoms with E-state index in [0.717, 1.165) is 16.7 Å². The molecule has 1 N–H and O–H groups in total. The van der Waals surface area contributed by atoms with Gasteiger partial charge >= 0.3 is 5.97 Å². The molecule has 0 aliphatic rings. The zero-order valence-corrected chi connectivity index (χ0v) is 17.4. The number of ether oxygens (including phenoxy) is 1. The average Bonchev–Trinajstić information content (AvgIpc) is 2.69. The van der Waals surface area contributed by atoms with Crippen LogP contribution in [0.25, 0.3) is 6.08 Å². The van der Waals surface area contributed by atoms with Crippen LogP contribution >= 0.6 is 0 Å². The van der Waals surface area contributed by atoms with Crippen molar-refractivity contribution in [3.63, 3.8) is 0 Å². The Morgan fingerprint density at radius 1 is 1.03 bits per heavy atom. The van der Waals surface area contributed by atoms with Crippen LogP contribution in [0.2, 0.25) is 0 Å². The standard InChI is InChI=1S/C24H26N2O3/c1-15(2)20-11-9-19(10-12-20)13-21(14-25)24(28)29-18(5)23(27)26-22-16(3)7-6-8-17(22)4/h6-13,15,18H,1-5H3,(H,26,27)/b21-13+/t18-/m0/s1. The third kappa shape index (κ3) is 5.79. The summed E-state index contributed by atoms with van der Waals surface area (Å²) in [6.07, 6.45) is 0.421. The summed E-state index contributed by atoms with van der Waals surface area (Å²) in [4.78, 5) is 24.8. The van der Waals surface area contributed by atoms with Crippen molar-refractivity contribution in [2.45, 2.75) is 46.6 Å². The Bertz CT molecular complexity index is 946. The van der Waals surface area contributed by atoms with Crippen LogP contribution in [0, 0.1) is 25.2 Å². The number of rotatable bonds is 6.